The predicted octanol–water partition coefficient (Wildman–Crippen LogP) is 10.3. The Balaban J connectivity index is 1.30. The van der Waals surface area contributed by atoms with Crippen LogP contribution in [0.1, 0.15) is 37.8 Å². The van der Waals surface area contributed by atoms with Crippen molar-refractivity contribution in [1.29, 1.82) is 0 Å². The van der Waals surface area contributed by atoms with Gasteiger partial charge in [-0.2, -0.15) is 0 Å². The van der Waals surface area contributed by atoms with Crippen LogP contribution in [-0.2, 0) is 5.41 Å². The summed E-state index contributed by atoms with van der Waals surface area (Å²) in [5.74, 6) is 3.43. The van der Waals surface area contributed by atoms with Crippen molar-refractivity contribution >= 4 is 62.0 Å². The number of hydrogen-bond donors (Lipinski definition) is 0. The number of para-hydroxylation sites is 3. The Morgan fingerprint density at radius 1 is 0.596 bits per heavy atom. The molecule has 0 fully saturated rings. The molecule has 4 atom stereocenters. The molecule has 5 heterocycles. The van der Waals surface area contributed by atoms with Gasteiger partial charge in [-0.1, -0.05) is 96.5 Å². The van der Waals surface area contributed by atoms with Crippen molar-refractivity contribution in [2.24, 2.45) is 5.41 Å². The molecule has 4 aromatic carbocycles. The fraction of sp³-hybridized carbons (Fsp3) is 0.209. The maximum Gasteiger partial charge on any atom is 0.178 e. The van der Waals surface area contributed by atoms with Crippen LogP contribution in [0.15, 0.2) is 144 Å². The summed E-state index contributed by atoms with van der Waals surface area (Å²) in [5, 5.41) is 0. The molecule has 4 aliphatic rings. The monoisotopic (exact) mass is 744 g/mol. The van der Waals surface area contributed by atoms with E-state index in [1.165, 1.54) is 16.8 Å². The first-order valence-corrected chi connectivity index (χ1v) is 18.8. The normalized spacial score (nSPS) is 23.7. The van der Waals surface area contributed by atoms with Gasteiger partial charge < -0.3 is 9.80 Å². The van der Waals surface area contributed by atoms with Crippen LogP contribution in [0, 0.1) is 12.3 Å². The average molecular weight is 746 g/mol. The van der Waals surface area contributed by atoms with Crippen molar-refractivity contribution in [1.82, 2.24) is 19.9 Å². The molecule has 10 rings (SSSR count). The molecule has 2 aromatic heterocycles. The standard InChI is InChI=1S/C43H37BrN8/c1-4-42-27-33(40-49(30-14-8-6-9-15-30)36-38(47-24-22-45-36)51(40)35-26-29(44)21-20-28(35)3)43(42,5-2)41-50(31-16-10-7-11-17-31)37-39(48-25-23-46-37)52(41)34-19-13-12-18-32(34)42/h6-27,40-41H,4-5H2,1-3H3. The Hall–Kier alpha value is -5.54. The lowest BCUT2D eigenvalue weighted by molar-refractivity contribution is 0.0934. The average Bonchev–Trinajstić information content (AvgIpc) is 3.70. The lowest BCUT2D eigenvalue weighted by atomic mass is 9.42. The molecule has 0 saturated heterocycles. The molecule has 9 heteroatoms. The third kappa shape index (κ3) is 3.91. The molecule has 0 saturated carbocycles. The number of anilines is 8. The molecule has 0 bridgehead atoms. The van der Waals surface area contributed by atoms with Gasteiger partial charge in [-0.05, 0) is 78.9 Å². The van der Waals surface area contributed by atoms with Gasteiger partial charge in [0.2, 0.25) is 0 Å². The van der Waals surface area contributed by atoms with Crippen molar-refractivity contribution in [2.75, 3.05) is 19.6 Å². The molecule has 8 nitrogen and oxygen atoms in total. The van der Waals surface area contributed by atoms with E-state index in [9.17, 15) is 0 Å². The second-order valence-corrected chi connectivity index (χ2v) is 14.9. The van der Waals surface area contributed by atoms with Crippen LogP contribution >= 0.6 is 15.9 Å². The first-order chi connectivity index (χ1) is 25.5. The van der Waals surface area contributed by atoms with E-state index in [4.69, 9.17) is 19.9 Å². The molecule has 52 heavy (non-hydrogen) atoms. The number of aromatic nitrogens is 4. The van der Waals surface area contributed by atoms with Gasteiger partial charge in [0.25, 0.3) is 0 Å². The van der Waals surface area contributed by atoms with Gasteiger partial charge >= 0.3 is 0 Å². The highest BCUT2D eigenvalue weighted by molar-refractivity contribution is 9.10. The molecule has 0 spiro atoms. The topological polar surface area (TPSA) is 64.5 Å². The van der Waals surface area contributed by atoms with Crippen molar-refractivity contribution in [3.63, 3.8) is 0 Å². The largest absolute Gasteiger partial charge is 0.301 e. The molecular formula is C43H37BrN8. The number of halogens is 1. The van der Waals surface area contributed by atoms with Crippen LogP contribution in [0.5, 0.6) is 0 Å². The van der Waals surface area contributed by atoms with E-state index in [0.717, 1.165) is 63.2 Å². The Labute approximate surface area is 312 Å². The molecule has 0 amide bonds. The summed E-state index contributed by atoms with van der Waals surface area (Å²) in [6.45, 7) is 6.91. The number of fused-ring (bicyclic) bond motifs is 9. The zero-order valence-corrected chi connectivity index (χ0v) is 30.8. The van der Waals surface area contributed by atoms with Gasteiger partial charge in [0.1, 0.15) is 12.3 Å². The SMILES string of the molecule is CCC12C=C(C3N(c4ccccc4)c4nccnc4N3c3cc(Br)ccc3C)C1(CC)C1N(c3ccccc3)c3nccnc3N1c1ccccc12. The molecule has 0 N–H and O–H groups in total. The first-order valence-electron chi connectivity index (χ1n) is 18.0. The number of benzene rings is 4. The molecule has 0 radical (unpaired) electrons. The molecule has 4 unspecified atom stereocenters. The highest BCUT2D eigenvalue weighted by Crippen LogP contribution is 2.73. The number of nitrogens with zero attached hydrogens (tertiary/aromatic N) is 8. The van der Waals surface area contributed by atoms with Crippen LogP contribution in [-0.4, -0.2) is 32.3 Å². The predicted molar refractivity (Wildman–Crippen MR) is 211 cm³/mol. The molecule has 1 aliphatic carbocycles. The maximum absolute atomic E-state index is 5.08. The summed E-state index contributed by atoms with van der Waals surface area (Å²) < 4.78 is 1.02. The smallest absolute Gasteiger partial charge is 0.178 e. The fourth-order valence-corrected chi connectivity index (χ4v) is 10.2. The highest BCUT2D eigenvalue weighted by Gasteiger charge is 2.72. The minimum atomic E-state index is -0.410. The summed E-state index contributed by atoms with van der Waals surface area (Å²) in [6, 6.07) is 36.9. The number of aryl methyl sites for hydroxylation is 1. The minimum absolute atomic E-state index is 0.153. The summed E-state index contributed by atoms with van der Waals surface area (Å²) in [4.78, 5) is 30.1. The van der Waals surface area contributed by atoms with Crippen molar-refractivity contribution in [3.8, 4) is 0 Å². The van der Waals surface area contributed by atoms with E-state index in [-0.39, 0.29) is 17.7 Å². The van der Waals surface area contributed by atoms with Gasteiger partial charge in [0.05, 0.1) is 0 Å². The quantitative estimate of drug-likeness (QED) is 0.156. The maximum atomic E-state index is 5.08. The highest BCUT2D eigenvalue weighted by atomic mass is 79.9. The van der Waals surface area contributed by atoms with Crippen LogP contribution < -0.4 is 19.6 Å². The van der Waals surface area contributed by atoms with Crippen LogP contribution in [0.25, 0.3) is 0 Å². The van der Waals surface area contributed by atoms with E-state index in [2.05, 4.69) is 166 Å². The van der Waals surface area contributed by atoms with Gasteiger partial charge in [-0.15, -0.1) is 0 Å². The Kier molecular flexibility index (Phi) is 6.89. The van der Waals surface area contributed by atoms with E-state index < -0.39 is 5.41 Å². The van der Waals surface area contributed by atoms with Gasteiger partial charge in [-0.25, -0.2) is 19.9 Å². The number of allylic oxidation sites excluding steroid dienone is 1. The zero-order valence-electron chi connectivity index (χ0n) is 29.2. The second kappa shape index (κ2) is 11.5. The summed E-state index contributed by atoms with van der Waals surface area (Å²) in [7, 11) is 0. The van der Waals surface area contributed by atoms with Gasteiger partial charge in [0.15, 0.2) is 23.3 Å². The third-order valence-electron chi connectivity index (χ3n) is 11.9. The number of hydrogen-bond acceptors (Lipinski definition) is 8. The van der Waals surface area contributed by atoms with E-state index in [1.807, 2.05) is 24.8 Å². The lowest BCUT2D eigenvalue weighted by Crippen LogP contribution is -2.71. The summed E-state index contributed by atoms with van der Waals surface area (Å²) in [5.41, 5.74) is 7.57. The first kappa shape index (κ1) is 31.2. The van der Waals surface area contributed by atoms with Crippen LogP contribution in [0.3, 0.4) is 0 Å². The van der Waals surface area contributed by atoms with Gasteiger partial charge in [-0.3, -0.25) is 9.80 Å². The van der Waals surface area contributed by atoms with Gasteiger partial charge in [0, 0.05) is 62.8 Å². The van der Waals surface area contributed by atoms with E-state index in [0.29, 0.717) is 0 Å². The third-order valence-corrected chi connectivity index (χ3v) is 12.4. The summed E-state index contributed by atoms with van der Waals surface area (Å²) in [6.07, 6.45) is 11.3. The lowest BCUT2D eigenvalue weighted by Gasteiger charge is -2.68. The Bertz CT molecular complexity index is 2380. The fourth-order valence-electron chi connectivity index (χ4n) is 9.85. The minimum Gasteiger partial charge on any atom is -0.301 e. The molecular weight excluding hydrogens is 708 g/mol. The summed E-state index contributed by atoms with van der Waals surface area (Å²) >= 11 is 3.82. The van der Waals surface area contributed by atoms with E-state index >= 15 is 0 Å². The van der Waals surface area contributed by atoms with Crippen LogP contribution in [0.2, 0.25) is 0 Å². The number of rotatable bonds is 6. The van der Waals surface area contributed by atoms with Crippen molar-refractivity contribution in [3.05, 3.63) is 155 Å². The molecule has 256 valence electrons. The Morgan fingerprint density at radius 2 is 1.15 bits per heavy atom. The Morgan fingerprint density at radius 3 is 1.79 bits per heavy atom. The van der Waals surface area contributed by atoms with E-state index in [1.54, 1.807) is 0 Å². The zero-order chi connectivity index (χ0) is 35.2. The van der Waals surface area contributed by atoms with Crippen LogP contribution in [0.4, 0.5) is 46.0 Å². The van der Waals surface area contributed by atoms with Crippen molar-refractivity contribution < 1.29 is 0 Å². The second-order valence-electron chi connectivity index (χ2n) is 14.0. The molecule has 3 aliphatic heterocycles. The molecule has 6 aromatic rings. The van der Waals surface area contributed by atoms with Crippen molar-refractivity contribution in [2.45, 2.75) is 51.4 Å².